The van der Waals surface area contributed by atoms with Gasteiger partial charge in [0.25, 0.3) is 5.91 Å². The molecule has 1 N–H and O–H groups in total. The maximum Gasteiger partial charge on any atom is 0.257 e. The smallest absolute Gasteiger partial charge is 0.257 e. The van der Waals surface area contributed by atoms with Gasteiger partial charge < -0.3 is 14.6 Å². The lowest BCUT2D eigenvalue weighted by Crippen LogP contribution is -2.37. The molecule has 1 heterocycles. The second-order valence-corrected chi connectivity index (χ2v) is 6.17. The molecule has 5 nitrogen and oxygen atoms in total. The van der Waals surface area contributed by atoms with Gasteiger partial charge in [-0.3, -0.25) is 9.59 Å². The molecule has 2 amide bonds. The van der Waals surface area contributed by atoms with E-state index in [1.807, 2.05) is 44.2 Å². The number of furan rings is 1. The van der Waals surface area contributed by atoms with Crippen molar-refractivity contribution in [1.29, 1.82) is 0 Å². The predicted molar refractivity (Wildman–Crippen MR) is 92.4 cm³/mol. The van der Waals surface area contributed by atoms with Gasteiger partial charge in [-0.1, -0.05) is 44.2 Å². The third kappa shape index (κ3) is 5.57. The Morgan fingerprint density at radius 1 is 1.17 bits per heavy atom. The summed E-state index contributed by atoms with van der Waals surface area (Å²) in [5.74, 6) is 0.161. The number of rotatable bonds is 8. The van der Waals surface area contributed by atoms with Crippen LogP contribution in [0.25, 0.3) is 0 Å². The quantitative estimate of drug-likeness (QED) is 0.810. The van der Waals surface area contributed by atoms with Gasteiger partial charge in [-0.05, 0) is 17.5 Å². The van der Waals surface area contributed by atoms with E-state index in [-0.39, 0.29) is 18.2 Å². The van der Waals surface area contributed by atoms with Crippen molar-refractivity contribution in [1.82, 2.24) is 10.2 Å². The highest BCUT2D eigenvalue weighted by Crippen LogP contribution is 2.09. The first-order chi connectivity index (χ1) is 11.6. The minimum atomic E-state index is -0.103. The molecule has 0 bridgehead atoms. The van der Waals surface area contributed by atoms with Gasteiger partial charge in [-0.15, -0.1) is 0 Å². The average molecular weight is 328 g/mol. The molecule has 24 heavy (non-hydrogen) atoms. The number of hydrogen-bond acceptors (Lipinski definition) is 3. The molecule has 0 atom stereocenters. The van der Waals surface area contributed by atoms with Crippen molar-refractivity contribution in [2.24, 2.45) is 5.92 Å². The fraction of sp³-hybridized carbons (Fsp3) is 0.368. The molecule has 0 aliphatic rings. The zero-order valence-corrected chi connectivity index (χ0v) is 14.2. The van der Waals surface area contributed by atoms with Gasteiger partial charge in [0.1, 0.15) is 6.26 Å². The van der Waals surface area contributed by atoms with Crippen molar-refractivity contribution < 1.29 is 14.0 Å². The minimum absolute atomic E-state index is 0.0624. The summed E-state index contributed by atoms with van der Waals surface area (Å²) >= 11 is 0. The second kappa shape index (κ2) is 8.91. The largest absolute Gasteiger partial charge is 0.472 e. The molecule has 0 aliphatic heterocycles. The molecule has 0 spiro atoms. The Kier molecular flexibility index (Phi) is 6.61. The van der Waals surface area contributed by atoms with Gasteiger partial charge >= 0.3 is 0 Å². The topological polar surface area (TPSA) is 62.6 Å². The zero-order chi connectivity index (χ0) is 17.4. The summed E-state index contributed by atoms with van der Waals surface area (Å²) in [7, 11) is 0. The van der Waals surface area contributed by atoms with Crippen molar-refractivity contribution >= 4 is 11.8 Å². The summed E-state index contributed by atoms with van der Waals surface area (Å²) in [4.78, 5) is 26.2. The van der Waals surface area contributed by atoms with Crippen LogP contribution in [0.1, 0.15) is 36.2 Å². The molecule has 5 heteroatoms. The van der Waals surface area contributed by atoms with E-state index in [0.29, 0.717) is 31.1 Å². The van der Waals surface area contributed by atoms with E-state index in [9.17, 15) is 9.59 Å². The minimum Gasteiger partial charge on any atom is -0.472 e. The van der Waals surface area contributed by atoms with Crippen LogP contribution >= 0.6 is 0 Å². The van der Waals surface area contributed by atoms with E-state index in [0.717, 1.165) is 5.56 Å². The Labute approximate surface area is 142 Å². The van der Waals surface area contributed by atoms with E-state index in [1.54, 1.807) is 11.0 Å². The van der Waals surface area contributed by atoms with Crippen molar-refractivity contribution in [3.63, 3.8) is 0 Å². The summed E-state index contributed by atoms with van der Waals surface area (Å²) in [6.07, 6.45) is 3.20. The first-order valence-electron chi connectivity index (χ1n) is 8.18. The van der Waals surface area contributed by atoms with Crippen LogP contribution in [0, 0.1) is 5.92 Å². The summed E-state index contributed by atoms with van der Waals surface area (Å²) in [6.45, 7) is 5.59. The van der Waals surface area contributed by atoms with Crippen LogP contribution in [0.2, 0.25) is 0 Å². The molecule has 0 aliphatic carbocycles. The highest BCUT2D eigenvalue weighted by atomic mass is 16.3. The van der Waals surface area contributed by atoms with Gasteiger partial charge in [-0.25, -0.2) is 0 Å². The fourth-order valence-electron chi connectivity index (χ4n) is 2.41. The Bertz CT molecular complexity index is 636. The molecule has 0 saturated carbocycles. The van der Waals surface area contributed by atoms with Crippen LogP contribution < -0.4 is 5.32 Å². The van der Waals surface area contributed by atoms with Crippen LogP contribution in [0.15, 0.2) is 53.3 Å². The Morgan fingerprint density at radius 2 is 1.92 bits per heavy atom. The highest BCUT2D eigenvalue weighted by molar-refractivity contribution is 5.94. The van der Waals surface area contributed by atoms with E-state index < -0.39 is 0 Å². The van der Waals surface area contributed by atoms with Crippen molar-refractivity contribution in [2.75, 3.05) is 13.1 Å². The summed E-state index contributed by atoms with van der Waals surface area (Å²) in [5.41, 5.74) is 1.57. The van der Waals surface area contributed by atoms with Crippen molar-refractivity contribution in [3.8, 4) is 0 Å². The van der Waals surface area contributed by atoms with Crippen LogP contribution in [-0.2, 0) is 11.3 Å². The van der Waals surface area contributed by atoms with Gasteiger partial charge in [-0.2, -0.15) is 0 Å². The van der Waals surface area contributed by atoms with E-state index in [4.69, 9.17) is 4.42 Å². The highest BCUT2D eigenvalue weighted by Gasteiger charge is 2.18. The summed E-state index contributed by atoms with van der Waals surface area (Å²) < 4.78 is 4.98. The Hall–Kier alpha value is -2.56. The van der Waals surface area contributed by atoms with E-state index in [1.165, 1.54) is 12.5 Å². The third-order valence-corrected chi connectivity index (χ3v) is 3.58. The fourth-order valence-corrected chi connectivity index (χ4v) is 2.41. The lowest BCUT2D eigenvalue weighted by molar-refractivity contribution is -0.121. The predicted octanol–water partition coefficient (Wildman–Crippen LogP) is 3.08. The first kappa shape index (κ1) is 17.8. The number of carbonyl (C=O) groups excluding carboxylic acids is 2. The maximum atomic E-state index is 12.5. The molecule has 128 valence electrons. The SMILES string of the molecule is CC(C)CN(CCC(=O)NCc1ccccc1)C(=O)c1ccoc1. The molecular formula is C19H24N2O3. The number of benzene rings is 1. The molecule has 0 fully saturated rings. The molecule has 0 radical (unpaired) electrons. The van der Waals surface area contributed by atoms with Gasteiger partial charge in [0, 0.05) is 26.1 Å². The monoisotopic (exact) mass is 328 g/mol. The number of hydrogen-bond donors (Lipinski definition) is 1. The summed E-state index contributed by atoms with van der Waals surface area (Å²) in [6, 6.07) is 11.4. The van der Waals surface area contributed by atoms with Crippen LogP contribution in [0.3, 0.4) is 0 Å². The number of nitrogens with one attached hydrogen (secondary N) is 1. The normalized spacial score (nSPS) is 10.6. The molecule has 2 rings (SSSR count). The lowest BCUT2D eigenvalue weighted by Gasteiger charge is -2.24. The standard InChI is InChI=1S/C19H24N2O3/c1-15(2)13-21(19(23)17-9-11-24-14-17)10-8-18(22)20-12-16-6-4-3-5-7-16/h3-7,9,11,14-15H,8,10,12-13H2,1-2H3,(H,20,22). The summed E-state index contributed by atoms with van der Waals surface area (Å²) in [5, 5.41) is 2.89. The van der Waals surface area contributed by atoms with Gasteiger partial charge in [0.2, 0.25) is 5.91 Å². The molecular weight excluding hydrogens is 304 g/mol. The maximum absolute atomic E-state index is 12.5. The molecule has 0 saturated heterocycles. The second-order valence-electron chi connectivity index (χ2n) is 6.17. The Balaban J connectivity index is 1.85. The number of carbonyl (C=O) groups is 2. The number of amides is 2. The molecule has 0 unspecified atom stereocenters. The van der Waals surface area contributed by atoms with Crippen molar-refractivity contribution in [2.45, 2.75) is 26.8 Å². The van der Waals surface area contributed by atoms with Crippen LogP contribution in [0.4, 0.5) is 0 Å². The van der Waals surface area contributed by atoms with Crippen LogP contribution in [-0.4, -0.2) is 29.8 Å². The number of nitrogens with zero attached hydrogens (tertiary/aromatic N) is 1. The Morgan fingerprint density at radius 3 is 2.54 bits per heavy atom. The molecule has 1 aromatic carbocycles. The van der Waals surface area contributed by atoms with Crippen molar-refractivity contribution in [3.05, 3.63) is 60.1 Å². The molecule has 2 aromatic rings. The van der Waals surface area contributed by atoms with Gasteiger partial charge in [0.15, 0.2) is 0 Å². The average Bonchev–Trinajstić information content (AvgIpc) is 3.11. The van der Waals surface area contributed by atoms with E-state index in [2.05, 4.69) is 5.32 Å². The lowest BCUT2D eigenvalue weighted by atomic mass is 10.1. The zero-order valence-electron chi connectivity index (χ0n) is 14.2. The molecule has 1 aromatic heterocycles. The third-order valence-electron chi connectivity index (χ3n) is 3.58. The van der Waals surface area contributed by atoms with E-state index >= 15 is 0 Å². The first-order valence-corrected chi connectivity index (χ1v) is 8.18. The van der Waals surface area contributed by atoms with Crippen LogP contribution in [0.5, 0.6) is 0 Å². The van der Waals surface area contributed by atoms with Gasteiger partial charge in [0.05, 0.1) is 11.8 Å².